The van der Waals surface area contributed by atoms with Crippen molar-refractivity contribution in [2.24, 2.45) is 0 Å². The first-order valence-corrected chi connectivity index (χ1v) is 10.1. The minimum absolute atomic E-state index is 0.0270. The Labute approximate surface area is 125 Å². The van der Waals surface area contributed by atoms with E-state index in [-0.39, 0.29) is 22.4 Å². The molecule has 1 aromatic rings. The fourth-order valence-electron chi connectivity index (χ4n) is 2.15. The highest BCUT2D eigenvalue weighted by Gasteiger charge is 2.27. The molecule has 0 saturated carbocycles. The van der Waals surface area contributed by atoms with Gasteiger partial charge in [0.2, 0.25) is 10.0 Å². The van der Waals surface area contributed by atoms with Crippen LogP contribution in [0.1, 0.15) is 19.8 Å². The van der Waals surface area contributed by atoms with Crippen molar-refractivity contribution in [2.75, 3.05) is 23.4 Å². The number of sulfonamides is 1. The van der Waals surface area contributed by atoms with Crippen LogP contribution in [-0.4, -0.2) is 45.9 Å². The highest BCUT2D eigenvalue weighted by atomic mass is 32.2. The van der Waals surface area contributed by atoms with E-state index in [1.807, 2.05) is 6.92 Å². The van der Waals surface area contributed by atoms with Crippen molar-refractivity contribution in [3.63, 3.8) is 0 Å². The molecule has 21 heavy (non-hydrogen) atoms. The normalized spacial score (nSPS) is 19.3. The zero-order valence-corrected chi connectivity index (χ0v) is 13.4. The lowest BCUT2D eigenvalue weighted by Crippen LogP contribution is -2.40. The van der Waals surface area contributed by atoms with Crippen LogP contribution < -0.4 is 10.0 Å². The molecular weight excluding hydrogens is 314 g/mol. The smallest absolute Gasteiger partial charge is 0.241 e. The molecular formula is C12H19N3O4S2. The summed E-state index contributed by atoms with van der Waals surface area (Å²) in [5.41, 5.74) is 0. The number of pyridine rings is 1. The Morgan fingerprint density at radius 1 is 1.33 bits per heavy atom. The lowest BCUT2D eigenvalue weighted by Gasteiger charge is -2.22. The lowest BCUT2D eigenvalue weighted by atomic mass is 10.2. The largest absolute Gasteiger partial charge is 0.370 e. The summed E-state index contributed by atoms with van der Waals surface area (Å²) in [6.45, 7) is 2.54. The van der Waals surface area contributed by atoms with Crippen LogP contribution in [0.2, 0.25) is 0 Å². The fraction of sp³-hybridized carbons (Fsp3) is 0.583. The number of sulfone groups is 1. The lowest BCUT2D eigenvalue weighted by molar-refractivity contribution is 0.505. The maximum Gasteiger partial charge on any atom is 0.241 e. The summed E-state index contributed by atoms with van der Waals surface area (Å²) in [4.78, 5) is 4.15. The SMILES string of the molecule is CCNc1cc(S(=O)(=O)NC2CCS(=O)(=O)CC2)ccn1. The summed E-state index contributed by atoms with van der Waals surface area (Å²) in [5.74, 6) is 0.546. The van der Waals surface area contributed by atoms with Gasteiger partial charge in [-0.25, -0.2) is 26.5 Å². The van der Waals surface area contributed by atoms with Gasteiger partial charge in [-0.2, -0.15) is 0 Å². The first-order valence-electron chi connectivity index (χ1n) is 6.75. The summed E-state index contributed by atoms with van der Waals surface area (Å²) in [7, 11) is -6.67. The molecule has 1 aliphatic heterocycles. The molecule has 1 aromatic heterocycles. The van der Waals surface area contributed by atoms with Crippen LogP contribution in [0.4, 0.5) is 5.82 Å². The van der Waals surface area contributed by atoms with Crippen molar-refractivity contribution >= 4 is 25.7 Å². The van der Waals surface area contributed by atoms with E-state index in [0.717, 1.165) is 0 Å². The van der Waals surface area contributed by atoms with Gasteiger partial charge in [-0.3, -0.25) is 0 Å². The quantitative estimate of drug-likeness (QED) is 0.806. The molecule has 0 radical (unpaired) electrons. The number of hydrogen-bond acceptors (Lipinski definition) is 6. The van der Waals surface area contributed by atoms with Gasteiger partial charge < -0.3 is 5.32 Å². The van der Waals surface area contributed by atoms with E-state index in [1.165, 1.54) is 18.3 Å². The third-order valence-electron chi connectivity index (χ3n) is 3.28. The van der Waals surface area contributed by atoms with Gasteiger partial charge in [0, 0.05) is 24.8 Å². The fourth-order valence-corrected chi connectivity index (χ4v) is 4.96. The highest BCUT2D eigenvalue weighted by molar-refractivity contribution is 7.91. The molecule has 1 fully saturated rings. The van der Waals surface area contributed by atoms with E-state index >= 15 is 0 Å². The van der Waals surface area contributed by atoms with E-state index in [9.17, 15) is 16.8 Å². The summed E-state index contributed by atoms with van der Waals surface area (Å²) >= 11 is 0. The van der Waals surface area contributed by atoms with Crippen molar-refractivity contribution < 1.29 is 16.8 Å². The third-order valence-corrected chi connectivity index (χ3v) is 6.51. The average molecular weight is 333 g/mol. The highest BCUT2D eigenvalue weighted by Crippen LogP contribution is 2.17. The Morgan fingerprint density at radius 2 is 2.00 bits per heavy atom. The molecule has 0 atom stereocenters. The second-order valence-electron chi connectivity index (χ2n) is 4.95. The summed E-state index contributed by atoms with van der Waals surface area (Å²) in [6, 6.07) is 2.54. The molecule has 2 heterocycles. The molecule has 0 unspecified atom stereocenters. The minimum atomic E-state index is -3.66. The minimum Gasteiger partial charge on any atom is -0.370 e. The number of aromatic nitrogens is 1. The zero-order valence-electron chi connectivity index (χ0n) is 11.7. The molecule has 118 valence electrons. The molecule has 0 aliphatic carbocycles. The van der Waals surface area contributed by atoms with Gasteiger partial charge in [-0.15, -0.1) is 0 Å². The van der Waals surface area contributed by atoms with Crippen molar-refractivity contribution in [1.82, 2.24) is 9.71 Å². The average Bonchev–Trinajstić information content (AvgIpc) is 2.42. The van der Waals surface area contributed by atoms with Crippen LogP contribution in [0.3, 0.4) is 0 Å². The Bertz CT molecular complexity index is 687. The van der Waals surface area contributed by atoms with Gasteiger partial charge in [0.05, 0.1) is 16.4 Å². The molecule has 2 N–H and O–H groups in total. The van der Waals surface area contributed by atoms with E-state index in [0.29, 0.717) is 25.2 Å². The monoisotopic (exact) mass is 333 g/mol. The third kappa shape index (κ3) is 4.39. The van der Waals surface area contributed by atoms with Crippen LogP contribution in [0.25, 0.3) is 0 Å². The molecule has 0 aromatic carbocycles. The van der Waals surface area contributed by atoms with Gasteiger partial charge in [-0.1, -0.05) is 0 Å². The molecule has 0 bridgehead atoms. The second kappa shape index (κ2) is 6.29. The summed E-state index contributed by atoms with van der Waals surface area (Å²) in [5, 5.41) is 2.95. The maximum atomic E-state index is 12.3. The zero-order chi connectivity index (χ0) is 15.5. The topological polar surface area (TPSA) is 105 Å². The van der Waals surface area contributed by atoms with Crippen LogP contribution in [0.5, 0.6) is 0 Å². The van der Waals surface area contributed by atoms with Crippen molar-refractivity contribution in [1.29, 1.82) is 0 Å². The summed E-state index contributed by atoms with van der Waals surface area (Å²) in [6.07, 6.45) is 2.05. The number of rotatable bonds is 5. The van der Waals surface area contributed by atoms with Crippen molar-refractivity contribution in [3.05, 3.63) is 18.3 Å². The number of nitrogens with zero attached hydrogens (tertiary/aromatic N) is 1. The van der Waals surface area contributed by atoms with Crippen LogP contribution in [0.15, 0.2) is 23.2 Å². The van der Waals surface area contributed by atoms with E-state index in [4.69, 9.17) is 0 Å². The number of hydrogen-bond donors (Lipinski definition) is 2. The van der Waals surface area contributed by atoms with Crippen LogP contribution in [-0.2, 0) is 19.9 Å². The Hall–Kier alpha value is -1.19. The second-order valence-corrected chi connectivity index (χ2v) is 8.97. The first-order chi connectivity index (χ1) is 9.82. The van der Waals surface area contributed by atoms with Gasteiger partial charge in [0.15, 0.2) is 0 Å². The van der Waals surface area contributed by atoms with E-state index in [2.05, 4.69) is 15.0 Å². The molecule has 9 heteroatoms. The molecule has 2 rings (SSSR count). The predicted molar refractivity (Wildman–Crippen MR) is 80.4 cm³/mol. The predicted octanol–water partition coefficient (Wildman–Crippen LogP) is 0.369. The standard InChI is InChI=1S/C12H19N3O4S2/c1-2-13-12-9-11(3-6-14-12)21(18,19)15-10-4-7-20(16,17)8-5-10/h3,6,9-10,15H,2,4-5,7-8H2,1H3,(H,13,14). The molecule has 7 nitrogen and oxygen atoms in total. The van der Waals surface area contributed by atoms with E-state index in [1.54, 1.807) is 0 Å². The van der Waals surface area contributed by atoms with Gasteiger partial charge in [-0.05, 0) is 25.8 Å². The molecule has 1 saturated heterocycles. The number of nitrogens with one attached hydrogen (secondary N) is 2. The maximum absolute atomic E-state index is 12.3. The van der Waals surface area contributed by atoms with E-state index < -0.39 is 19.9 Å². The first kappa shape index (κ1) is 16.2. The Kier molecular flexibility index (Phi) is 4.84. The molecule has 0 amide bonds. The van der Waals surface area contributed by atoms with Gasteiger partial charge in [0.25, 0.3) is 0 Å². The summed E-state index contributed by atoms with van der Waals surface area (Å²) < 4.78 is 49.9. The van der Waals surface area contributed by atoms with Crippen LogP contribution >= 0.6 is 0 Å². The number of anilines is 1. The Balaban J connectivity index is 2.10. The van der Waals surface area contributed by atoms with Crippen molar-refractivity contribution in [2.45, 2.75) is 30.7 Å². The molecule has 0 spiro atoms. The van der Waals surface area contributed by atoms with Crippen molar-refractivity contribution in [3.8, 4) is 0 Å². The Morgan fingerprint density at radius 3 is 2.62 bits per heavy atom. The van der Waals surface area contributed by atoms with Gasteiger partial charge in [0.1, 0.15) is 15.7 Å². The van der Waals surface area contributed by atoms with Crippen LogP contribution in [0, 0.1) is 0 Å². The van der Waals surface area contributed by atoms with Gasteiger partial charge >= 0.3 is 0 Å². The molecule has 1 aliphatic rings.